The molecule has 11 heteroatoms. The highest BCUT2D eigenvalue weighted by Crippen LogP contribution is 2.25. The topological polar surface area (TPSA) is 138 Å². The lowest BCUT2D eigenvalue weighted by Crippen LogP contribution is -2.57. The third-order valence-electron chi connectivity index (χ3n) is 7.16. The van der Waals surface area contributed by atoms with Crippen molar-refractivity contribution in [3.8, 4) is 5.75 Å². The zero-order valence-corrected chi connectivity index (χ0v) is 23.2. The summed E-state index contributed by atoms with van der Waals surface area (Å²) >= 11 is 0. The number of para-hydroxylation sites is 1. The van der Waals surface area contributed by atoms with Gasteiger partial charge in [0.05, 0.1) is 22.4 Å². The summed E-state index contributed by atoms with van der Waals surface area (Å²) in [6, 6.07) is 23.5. The summed E-state index contributed by atoms with van der Waals surface area (Å²) in [5.41, 5.74) is 4.73. The van der Waals surface area contributed by atoms with Crippen LogP contribution in [0, 0.1) is 12.8 Å². The van der Waals surface area contributed by atoms with Gasteiger partial charge in [0.25, 0.3) is 5.91 Å². The largest absolute Gasteiger partial charge is 0.489 e. The van der Waals surface area contributed by atoms with Gasteiger partial charge >= 0.3 is 0 Å². The smallest absolute Gasteiger partial charge is 0.251 e. The normalized spacial score (nSPS) is 17.6. The fraction of sp³-hybridized carbons (Fsp3) is 0.233. The van der Waals surface area contributed by atoms with E-state index in [1.54, 1.807) is 47.9 Å². The highest BCUT2D eigenvalue weighted by Gasteiger charge is 2.39. The monoisotopic (exact) mass is 574 g/mol. The van der Waals surface area contributed by atoms with Crippen LogP contribution in [-0.4, -0.2) is 53.9 Å². The number of hydrogen-bond donors (Lipinski definition) is 3. The summed E-state index contributed by atoms with van der Waals surface area (Å²) in [7, 11) is -3.84. The molecule has 1 fully saturated rings. The molecule has 3 N–H and O–H groups in total. The minimum absolute atomic E-state index is 0.0695. The third kappa shape index (κ3) is 6.22. The van der Waals surface area contributed by atoms with Crippen molar-refractivity contribution in [3.05, 3.63) is 102 Å². The molecule has 0 bridgehead atoms. The van der Waals surface area contributed by atoms with E-state index in [0.29, 0.717) is 17.9 Å². The van der Waals surface area contributed by atoms with Crippen molar-refractivity contribution in [2.24, 2.45) is 5.92 Å². The zero-order valence-electron chi connectivity index (χ0n) is 22.4. The molecule has 0 aliphatic carbocycles. The molecule has 1 saturated heterocycles. The van der Waals surface area contributed by atoms with Crippen LogP contribution in [0.2, 0.25) is 0 Å². The molecule has 10 nitrogen and oxygen atoms in total. The number of aryl methyl sites for hydroxylation is 1. The maximum atomic E-state index is 13.2. The SMILES string of the molecule is Cc1cc(COc2ccc(C(=O)NC3CN(S(=O)(=O)c4ccccc4)CCC3C(=O)NO)cc2)c2ccccc2n1. The third-order valence-corrected chi connectivity index (χ3v) is 9.04. The number of carbonyl (C=O) groups is 2. The van der Waals surface area contributed by atoms with Gasteiger partial charge in [-0.2, -0.15) is 4.31 Å². The van der Waals surface area contributed by atoms with Crippen LogP contribution in [0.5, 0.6) is 5.75 Å². The van der Waals surface area contributed by atoms with E-state index in [9.17, 15) is 23.2 Å². The van der Waals surface area contributed by atoms with E-state index < -0.39 is 33.8 Å². The van der Waals surface area contributed by atoms with E-state index >= 15 is 0 Å². The van der Waals surface area contributed by atoms with Crippen LogP contribution in [-0.2, 0) is 21.4 Å². The number of benzene rings is 3. The van der Waals surface area contributed by atoms with Gasteiger partial charge in [-0.05, 0) is 61.9 Å². The van der Waals surface area contributed by atoms with Gasteiger partial charge in [-0.15, -0.1) is 0 Å². The second-order valence-electron chi connectivity index (χ2n) is 9.88. The minimum atomic E-state index is -3.84. The lowest BCUT2D eigenvalue weighted by atomic mass is 9.91. The van der Waals surface area contributed by atoms with Crippen LogP contribution in [0.15, 0.2) is 89.8 Å². The predicted octanol–water partition coefficient (Wildman–Crippen LogP) is 3.44. The number of rotatable bonds is 8. The molecule has 2 heterocycles. The molecule has 0 saturated carbocycles. The highest BCUT2D eigenvalue weighted by molar-refractivity contribution is 7.89. The molecule has 212 valence electrons. The number of piperidine rings is 1. The van der Waals surface area contributed by atoms with Crippen molar-refractivity contribution in [2.45, 2.75) is 30.9 Å². The Balaban J connectivity index is 1.27. The van der Waals surface area contributed by atoms with Crippen LogP contribution in [0.4, 0.5) is 0 Å². The Labute approximate surface area is 238 Å². The standard InChI is InChI=1S/C30H30N4O6S/c1-20-17-22(25-9-5-6-10-27(25)31-20)19-40-23-13-11-21(12-14-23)29(35)32-28-18-34(16-15-26(28)30(36)33-37)41(38,39)24-7-3-2-4-8-24/h2-14,17,26,28,37H,15-16,18-19H2,1H3,(H,32,35)(H,33,36). The van der Waals surface area contributed by atoms with E-state index in [1.807, 2.05) is 37.3 Å². The molecule has 3 aromatic carbocycles. The Morgan fingerprint density at radius 3 is 2.46 bits per heavy atom. The molecule has 2 amide bonds. The molecule has 2 atom stereocenters. The number of pyridine rings is 1. The van der Waals surface area contributed by atoms with Crippen molar-refractivity contribution in [1.29, 1.82) is 0 Å². The van der Waals surface area contributed by atoms with Gasteiger partial charge in [0.1, 0.15) is 12.4 Å². The molecular formula is C30H30N4O6S. The van der Waals surface area contributed by atoms with Gasteiger partial charge in [-0.1, -0.05) is 36.4 Å². The fourth-order valence-electron chi connectivity index (χ4n) is 5.05. The number of aromatic nitrogens is 1. The average Bonchev–Trinajstić information content (AvgIpc) is 3.00. The number of carbonyl (C=O) groups excluding carboxylic acids is 2. The Bertz CT molecular complexity index is 1660. The molecule has 4 aromatic rings. The van der Waals surface area contributed by atoms with Crippen molar-refractivity contribution in [3.63, 3.8) is 0 Å². The van der Waals surface area contributed by atoms with Gasteiger partial charge in [0.2, 0.25) is 15.9 Å². The van der Waals surface area contributed by atoms with Crippen molar-refractivity contribution < 1.29 is 28.0 Å². The van der Waals surface area contributed by atoms with Gasteiger partial charge in [-0.3, -0.25) is 19.8 Å². The summed E-state index contributed by atoms with van der Waals surface area (Å²) in [6.45, 7) is 2.20. The Morgan fingerprint density at radius 2 is 1.73 bits per heavy atom. The molecule has 1 aromatic heterocycles. The van der Waals surface area contributed by atoms with Crippen LogP contribution >= 0.6 is 0 Å². The number of sulfonamides is 1. The number of nitrogens with zero attached hydrogens (tertiary/aromatic N) is 2. The number of amides is 2. The van der Waals surface area contributed by atoms with Crippen LogP contribution in [0.3, 0.4) is 0 Å². The van der Waals surface area contributed by atoms with Crippen molar-refractivity contribution in [2.75, 3.05) is 13.1 Å². The van der Waals surface area contributed by atoms with Crippen LogP contribution in [0.25, 0.3) is 10.9 Å². The quantitative estimate of drug-likeness (QED) is 0.217. The van der Waals surface area contributed by atoms with E-state index in [4.69, 9.17) is 4.74 Å². The van der Waals surface area contributed by atoms with Crippen molar-refractivity contribution >= 4 is 32.7 Å². The molecule has 0 spiro atoms. The predicted molar refractivity (Wildman–Crippen MR) is 152 cm³/mol. The molecule has 1 aliphatic heterocycles. The maximum Gasteiger partial charge on any atom is 0.251 e. The summed E-state index contributed by atoms with van der Waals surface area (Å²) in [6.07, 6.45) is 0.124. The molecule has 0 radical (unpaired) electrons. The number of hydroxylamine groups is 1. The first kappa shape index (κ1) is 28.2. The second-order valence-corrected chi connectivity index (χ2v) is 11.8. The van der Waals surface area contributed by atoms with E-state index in [-0.39, 0.29) is 24.4 Å². The van der Waals surface area contributed by atoms with Gasteiger partial charge < -0.3 is 10.1 Å². The lowest BCUT2D eigenvalue weighted by Gasteiger charge is -2.37. The molecule has 41 heavy (non-hydrogen) atoms. The summed E-state index contributed by atoms with van der Waals surface area (Å²) in [4.78, 5) is 30.2. The van der Waals surface area contributed by atoms with Crippen LogP contribution < -0.4 is 15.5 Å². The van der Waals surface area contributed by atoms with Crippen LogP contribution in [0.1, 0.15) is 28.0 Å². The number of nitrogens with one attached hydrogen (secondary N) is 2. The van der Waals surface area contributed by atoms with E-state index in [0.717, 1.165) is 22.2 Å². The molecular weight excluding hydrogens is 544 g/mol. The van der Waals surface area contributed by atoms with E-state index in [1.165, 1.54) is 16.4 Å². The van der Waals surface area contributed by atoms with E-state index in [2.05, 4.69) is 10.3 Å². The highest BCUT2D eigenvalue weighted by atomic mass is 32.2. The fourth-order valence-corrected chi connectivity index (χ4v) is 6.56. The zero-order chi connectivity index (χ0) is 29.0. The minimum Gasteiger partial charge on any atom is -0.489 e. The summed E-state index contributed by atoms with van der Waals surface area (Å²) in [5.74, 6) is -1.41. The first-order valence-electron chi connectivity index (χ1n) is 13.1. The first-order valence-corrected chi connectivity index (χ1v) is 14.6. The lowest BCUT2D eigenvalue weighted by molar-refractivity contribution is -0.135. The van der Waals surface area contributed by atoms with Gasteiger partial charge in [-0.25, -0.2) is 13.9 Å². The number of ether oxygens (including phenoxy) is 1. The van der Waals surface area contributed by atoms with Crippen molar-refractivity contribution in [1.82, 2.24) is 20.1 Å². The summed E-state index contributed by atoms with van der Waals surface area (Å²) in [5, 5.41) is 13.0. The molecule has 2 unspecified atom stereocenters. The second kappa shape index (κ2) is 12.0. The summed E-state index contributed by atoms with van der Waals surface area (Å²) < 4.78 is 33.6. The Morgan fingerprint density at radius 1 is 1.02 bits per heavy atom. The van der Waals surface area contributed by atoms with Gasteiger partial charge in [0.15, 0.2) is 0 Å². The van der Waals surface area contributed by atoms with Gasteiger partial charge in [0, 0.05) is 35.3 Å². The number of hydrogen-bond acceptors (Lipinski definition) is 7. The maximum absolute atomic E-state index is 13.2. The molecule has 5 rings (SSSR count). The molecule has 1 aliphatic rings. The number of fused-ring (bicyclic) bond motifs is 1. The average molecular weight is 575 g/mol. The Hall–Kier alpha value is -4.32. The first-order chi connectivity index (χ1) is 19.8. The Kier molecular flexibility index (Phi) is 8.29.